The molecular formula is C13H10INO5. The van der Waals surface area contributed by atoms with Gasteiger partial charge in [-0.3, -0.25) is 4.79 Å². The summed E-state index contributed by atoms with van der Waals surface area (Å²) < 4.78 is 15.1. The lowest BCUT2D eigenvalue weighted by Gasteiger charge is -2.18. The third-order valence-electron chi connectivity index (χ3n) is 3.72. The molecule has 0 N–H and O–H groups in total. The van der Waals surface area contributed by atoms with E-state index in [1.807, 2.05) is 35.6 Å². The molecule has 20 heavy (non-hydrogen) atoms. The van der Waals surface area contributed by atoms with Crippen LogP contribution in [0.1, 0.15) is 31.8 Å². The molecule has 0 radical (unpaired) electrons. The summed E-state index contributed by atoms with van der Waals surface area (Å²) in [5.41, 5.74) is -1.38. The van der Waals surface area contributed by atoms with Crippen molar-refractivity contribution >= 4 is 34.5 Å². The van der Waals surface area contributed by atoms with Crippen LogP contribution in [0.4, 0.5) is 0 Å². The fourth-order valence-corrected chi connectivity index (χ4v) is 2.29. The van der Waals surface area contributed by atoms with Crippen LogP contribution < -0.4 is 9.47 Å². The molecule has 2 atom stereocenters. The van der Waals surface area contributed by atoms with Crippen molar-refractivity contribution in [3.05, 3.63) is 11.5 Å². The van der Waals surface area contributed by atoms with E-state index < -0.39 is 20.8 Å². The highest BCUT2D eigenvalue weighted by Crippen LogP contribution is 2.57. The van der Waals surface area contributed by atoms with E-state index >= 15 is 0 Å². The predicted molar refractivity (Wildman–Crippen MR) is 73.7 cm³/mol. The number of halogens is 1. The van der Waals surface area contributed by atoms with Crippen molar-refractivity contribution < 1.29 is 23.5 Å². The first kappa shape index (κ1) is 13.4. The minimum atomic E-state index is -1.38. The van der Waals surface area contributed by atoms with Crippen molar-refractivity contribution in [1.29, 1.82) is 5.26 Å². The first-order chi connectivity index (χ1) is 9.35. The maximum Gasteiger partial charge on any atom is 0.340 e. The number of ether oxygens (including phenoxy) is 2. The molecule has 2 aliphatic rings. The quantitative estimate of drug-likeness (QED) is 0.448. The maximum absolute atomic E-state index is 12.1. The molecule has 3 heterocycles. The molecule has 2 bridgehead atoms. The first-order valence-electron chi connectivity index (χ1n) is 6.06. The fraction of sp³-hybridized carbons (Fsp3) is 0.462. The second-order valence-electron chi connectivity index (χ2n) is 5.04. The fourth-order valence-electron chi connectivity index (χ4n) is 2.18. The van der Waals surface area contributed by atoms with Gasteiger partial charge in [-0.1, -0.05) is 29.5 Å². The summed E-state index contributed by atoms with van der Waals surface area (Å²) in [5.74, 6) is -0.405. The predicted octanol–water partition coefficient (Wildman–Crippen LogP) is 2.03. The van der Waals surface area contributed by atoms with Crippen molar-refractivity contribution in [3.8, 4) is 17.6 Å². The number of fused-ring (bicyclic) bond motifs is 1. The summed E-state index contributed by atoms with van der Waals surface area (Å²) >= 11 is 2.01. The zero-order valence-electron chi connectivity index (χ0n) is 10.8. The Morgan fingerprint density at radius 3 is 2.95 bits per heavy atom. The summed E-state index contributed by atoms with van der Waals surface area (Å²) in [5, 5.41) is 9.17. The largest absolute Gasteiger partial charge is 0.455 e. The van der Waals surface area contributed by atoms with Gasteiger partial charge in [0, 0.05) is 6.42 Å². The summed E-state index contributed by atoms with van der Waals surface area (Å²) in [4.78, 5) is 23.9. The Labute approximate surface area is 128 Å². The molecule has 3 rings (SSSR count). The molecule has 104 valence electrons. The molecule has 1 aromatic heterocycles. The third-order valence-corrected chi connectivity index (χ3v) is 4.93. The van der Waals surface area contributed by atoms with Crippen LogP contribution in [0, 0.1) is 11.3 Å². The van der Waals surface area contributed by atoms with E-state index in [0.29, 0.717) is 12.2 Å². The van der Waals surface area contributed by atoms with Crippen LogP contribution in [0.5, 0.6) is 11.5 Å². The van der Waals surface area contributed by atoms with Crippen molar-refractivity contribution in [1.82, 2.24) is 0 Å². The van der Waals surface area contributed by atoms with Crippen LogP contribution >= 0.6 is 22.6 Å². The van der Waals surface area contributed by atoms with Crippen LogP contribution in [-0.2, 0) is 21.4 Å². The normalized spacial score (nSPS) is 25.0. The number of carbonyl (C=O) groups is 2. The van der Waals surface area contributed by atoms with Crippen molar-refractivity contribution in [2.45, 2.75) is 35.5 Å². The van der Waals surface area contributed by atoms with Gasteiger partial charge in [0.1, 0.15) is 3.42 Å². The first-order valence-corrected chi connectivity index (χ1v) is 7.14. The summed E-state index contributed by atoms with van der Waals surface area (Å²) in [7, 11) is 0. The lowest BCUT2D eigenvalue weighted by Crippen LogP contribution is -2.33. The average Bonchev–Trinajstić information content (AvgIpc) is 3.00. The minimum Gasteiger partial charge on any atom is -0.455 e. The maximum atomic E-state index is 12.1. The van der Waals surface area contributed by atoms with Gasteiger partial charge in [-0.15, -0.1) is 0 Å². The van der Waals surface area contributed by atoms with Crippen LogP contribution in [0.3, 0.4) is 0 Å². The summed E-state index contributed by atoms with van der Waals surface area (Å²) in [6.07, 6.45) is 0.664. The highest BCUT2D eigenvalue weighted by atomic mass is 127. The molecule has 6 nitrogen and oxygen atoms in total. The van der Waals surface area contributed by atoms with Gasteiger partial charge in [0.2, 0.25) is 16.9 Å². The van der Waals surface area contributed by atoms with E-state index in [4.69, 9.17) is 13.9 Å². The van der Waals surface area contributed by atoms with Gasteiger partial charge in [0.15, 0.2) is 11.5 Å². The molecule has 0 fully saturated rings. The lowest BCUT2D eigenvalue weighted by molar-refractivity contribution is -0.138. The average molecular weight is 387 g/mol. The Hall–Kier alpha value is -1.56. The number of alkyl halides is 1. The van der Waals surface area contributed by atoms with Gasteiger partial charge in [0.25, 0.3) is 0 Å². The number of hydrogen-bond donors (Lipinski definition) is 0. The van der Waals surface area contributed by atoms with Crippen molar-refractivity contribution in [3.63, 3.8) is 0 Å². The van der Waals surface area contributed by atoms with E-state index in [-0.39, 0.29) is 23.7 Å². The van der Waals surface area contributed by atoms with Crippen LogP contribution in [0.2, 0.25) is 0 Å². The van der Waals surface area contributed by atoms with Gasteiger partial charge in [0.05, 0.1) is 6.07 Å². The Kier molecular flexibility index (Phi) is 2.67. The van der Waals surface area contributed by atoms with E-state index in [2.05, 4.69) is 0 Å². The van der Waals surface area contributed by atoms with E-state index in [0.717, 1.165) is 0 Å². The molecule has 0 saturated carbocycles. The topological polar surface area (TPSA) is 89.5 Å². The number of rotatable bonds is 3. The number of esters is 2. The van der Waals surface area contributed by atoms with Crippen LogP contribution in [0.15, 0.2) is 4.42 Å². The Morgan fingerprint density at radius 2 is 2.35 bits per heavy atom. The minimum absolute atomic E-state index is 0.0634. The van der Waals surface area contributed by atoms with E-state index in [1.165, 1.54) is 0 Å². The zero-order valence-corrected chi connectivity index (χ0v) is 12.9. The van der Waals surface area contributed by atoms with E-state index in [1.54, 1.807) is 6.92 Å². The van der Waals surface area contributed by atoms with Gasteiger partial charge >= 0.3 is 11.9 Å². The number of nitriles is 1. The van der Waals surface area contributed by atoms with Gasteiger partial charge in [-0.25, -0.2) is 4.79 Å². The second-order valence-corrected chi connectivity index (χ2v) is 7.42. The van der Waals surface area contributed by atoms with E-state index in [9.17, 15) is 14.9 Å². The number of hydrogen-bond acceptors (Lipinski definition) is 6. The molecule has 0 aliphatic carbocycles. The smallest absolute Gasteiger partial charge is 0.340 e. The van der Waals surface area contributed by atoms with Gasteiger partial charge < -0.3 is 13.9 Å². The highest BCUT2D eigenvalue weighted by Gasteiger charge is 2.62. The number of furan rings is 1. The molecule has 0 aromatic carbocycles. The highest BCUT2D eigenvalue weighted by molar-refractivity contribution is 14.1. The number of carbonyl (C=O) groups excluding carboxylic acids is 2. The molecule has 0 saturated heterocycles. The van der Waals surface area contributed by atoms with Gasteiger partial charge in [-0.2, -0.15) is 5.26 Å². The van der Waals surface area contributed by atoms with Crippen molar-refractivity contribution in [2.24, 2.45) is 0 Å². The number of nitrogens with zero attached hydrogens (tertiary/aromatic N) is 1. The third kappa shape index (κ3) is 1.48. The summed E-state index contributed by atoms with van der Waals surface area (Å²) in [6.45, 7) is 3.63. The standard InChI is InChI=1S/C13H10INO5/c1-3-12(2,14)10(16)19-7-6-4-13(5-15)9(18-6)8(7)20-11(13)17/h3-4H2,1-2H3. The van der Waals surface area contributed by atoms with Crippen LogP contribution in [-0.4, -0.2) is 15.4 Å². The Balaban J connectivity index is 1.97. The molecule has 0 amide bonds. The molecule has 2 unspecified atom stereocenters. The lowest BCUT2D eigenvalue weighted by atomic mass is 9.83. The molecular weight excluding hydrogens is 377 g/mol. The SMILES string of the molecule is CCC(C)(I)C(=O)Oc1c2oc3c1OC(=O)C3(C#N)C2. The molecule has 0 spiro atoms. The monoisotopic (exact) mass is 387 g/mol. The summed E-state index contributed by atoms with van der Waals surface area (Å²) in [6, 6.07) is 1.93. The Morgan fingerprint density at radius 1 is 1.65 bits per heavy atom. The molecule has 1 aromatic rings. The molecule has 2 aliphatic heterocycles. The van der Waals surface area contributed by atoms with Crippen LogP contribution in [0.25, 0.3) is 0 Å². The van der Waals surface area contributed by atoms with Gasteiger partial charge in [-0.05, 0) is 13.3 Å². The second kappa shape index (κ2) is 3.97. The molecule has 7 heteroatoms. The Bertz CT molecular complexity index is 684. The van der Waals surface area contributed by atoms with Crippen molar-refractivity contribution in [2.75, 3.05) is 0 Å². The zero-order chi connectivity index (χ0) is 14.7.